The van der Waals surface area contributed by atoms with Crippen molar-refractivity contribution in [3.8, 4) is 11.1 Å². The standard InChI is InChI=1S/C14H15NS/c1-9-3-5-12(10(2)7-9)11-4-6-14(16)13(15)8-11/h3-8,16H,15H2,1-2H3. The van der Waals surface area contributed by atoms with Gasteiger partial charge in [-0.2, -0.15) is 0 Å². The summed E-state index contributed by atoms with van der Waals surface area (Å²) in [7, 11) is 0. The molecule has 2 rings (SSSR count). The van der Waals surface area contributed by atoms with Crippen LogP contribution in [0.3, 0.4) is 0 Å². The van der Waals surface area contributed by atoms with Crippen LogP contribution in [0.4, 0.5) is 5.69 Å². The van der Waals surface area contributed by atoms with Crippen LogP contribution in [0.25, 0.3) is 11.1 Å². The fraction of sp³-hybridized carbons (Fsp3) is 0.143. The van der Waals surface area contributed by atoms with Crippen molar-refractivity contribution in [2.75, 3.05) is 5.73 Å². The number of rotatable bonds is 1. The number of nitrogens with two attached hydrogens (primary N) is 1. The molecule has 82 valence electrons. The molecule has 0 aliphatic heterocycles. The Balaban J connectivity index is 2.54. The van der Waals surface area contributed by atoms with Gasteiger partial charge in [0.1, 0.15) is 0 Å². The molecule has 2 aromatic rings. The minimum absolute atomic E-state index is 0.723. The van der Waals surface area contributed by atoms with E-state index in [9.17, 15) is 0 Å². The van der Waals surface area contributed by atoms with Crippen molar-refractivity contribution in [3.05, 3.63) is 47.5 Å². The molecule has 0 heterocycles. The molecule has 0 aromatic heterocycles. The molecule has 0 unspecified atom stereocenters. The van der Waals surface area contributed by atoms with Crippen LogP contribution < -0.4 is 5.73 Å². The fourth-order valence-electron chi connectivity index (χ4n) is 1.86. The maximum Gasteiger partial charge on any atom is 0.0455 e. The predicted octanol–water partition coefficient (Wildman–Crippen LogP) is 3.84. The van der Waals surface area contributed by atoms with Crippen LogP contribution in [-0.4, -0.2) is 0 Å². The van der Waals surface area contributed by atoms with E-state index >= 15 is 0 Å². The summed E-state index contributed by atoms with van der Waals surface area (Å²) in [6.07, 6.45) is 0. The van der Waals surface area contributed by atoms with Crippen molar-refractivity contribution < 1.29 is 0 Å². The highest BCUT2D eigenvalue weighted by atomic mass is 32.1. The second-order valence-electron chi connectivity index (χ2n) is 4.09. The highest BCUT2D eigenvalue weighted by molar-refractivity contribution is 7.80. The zero-order chi connectivity index (χ0) is 11.7. The summed E-state index contributed by atoms with van der Waals surface area (Å²) in [4.78, 5) is 0.827. The van der Waals surface area contributed by atoms with Crippen LogP contribution in [0.2, 0.25) is 0 Å². The SMILES string of the molecule is Cc1ccc(-c2ccc(S)c(N)c2)c(C)c1. The van der Waals surface area contributed by atoms with Crippen LogP contribution in [0.5, 0.6) is 0 Å². The van der Waals surface area contributed by atoms with Gasteiger partial charge in [0.05, 0.1) is 0 Å². The molecule has 0 atom stereocenters. The summed E-state index contributed by atoms with van der Waals surface area (Å²) in [5.74, 6) is 0. The lowest BCUT2D eigenvalue weighted by Gasteiger charge is -2.09. The molecule has 0 radical (unpaired) electrons. The maximum absolute atomic E-state index is 5.86. The minimum Gasteiger partial charge on any atom is -0.398 e. The van der Waals surface area contributed by atoms with Gasteiger partial charge in [-0.25, -0.2) is 0 Å². The van der Waals surface area contributed by atoms with E-state index in [4.69, 9.17) is 5.73 Å². The quantitative estimate of drug-likeness (QED) is 0.564. The van der Waals surface area contributed by atoms with E-state index in [0.717, 1.165) is 16.1 Å². The lowest BCUT2D eigenvalue weighted by atomic mass is 9.98. The van der Waals surface area contributed by atoms with Crippen LogP contribution in [0.1, 0.15) is 11.1 Å². The number of benzene rings is 2. The summed E-state index contributed by atoms with van der Waals surface area (Å²) < 4.78 is 0. The van der Waals surface area contributed by atoms with E-state index < -0.39 is 0 Å². The molecule has 2 heteroatoms. The van der Waals surface area contributed by atoms with E-state index in [1.165, 1.54) is 16.7 Å². The highest BCUT2D eigenvalue weighted by Gasteiger charge is 2.03. The van der Waals surface area contributed by atoms with Crippen LogP contribution >= 0.6 is 12.6 Å². The van der Waals surface area contributed by atoms with Gasteiger partial charge in [0, 0.05) is 10.6 Å². The van der Waals surface area contributed by atoms with E-state index in [0.29, 0.717) is 0 Å². The molecule has 0 bridgehead atoms. The van der Waals surface area contributed by atoms with Crippen molar-refractivity contribution in [2.24, 2.45) is 0 Å². The molecule has 0 saturated heterocycles. The molecule has 0 saturated carbocycles. The molecule has 16 heavy (non-hydrogen) atoms. The number of hydrogen-bond acceptors (Lipinski definition) is 2. The van der Waals surface area contributed by atoms with Gasteiger partial charge < -0.3 is 5.73 Å². The van der Waals surface area contributed by atoms with E-state index in [1.54, 1.807) is 0 Å². The van der Waals surface area contributed by atoms with Crippen molar-refractivity contribution in [3.63, 3.8) is 0 Å². The van der Waals surface area contributed by atoms with E-state index in [1.807, 2.05) is 12.1 Å². The van der Waals surface area contributed by atoms with Gasteiger partial charge in [0.15, 0.2) is 0 Å². The van der Waals surface area contributed by atoms with Crippen molar-refractivity contribution >= 4 is 18.3 Å². The Bertz CT molecular complexity index is 532. The number of thiol groups is 1. The first-order valence-electron chi connectivity index (χ1n) is 5.24. The average molecular weight is 229 g/mol. The van der Waals surface area contributed by atoms with Crippen molar-refractivity contribution in [1.29, 1.82) is 0 Å². The zero-order valence-corrected chi connectivity index (χ0v) is 10.4. The first-order valence-corrected chi connectivity index (χ1v) is 5.69. The monoisotopic (exact) mass is 229 g/mol. The smallest absolute Gasteiger partial charge is 0.0455 e. The molecule has 2 N–H and O–H groups in total. The van der Waals surface area contributed by atoms with Crippen molar-refractivity contribution in [1.82, 2.24) is 0 Å². The molecule has 0 fully saturated rings. The molecular weight excluding hydrogens is 214 g/mol. The van der Waals surface area contributed by atoms with Gasteiger partial charge in [-0.3, -0.25) is 0 Å². The third-order valence-corrected chi connectivity index (χ3v) is 3.13. The first-order chi connectivity index (χ1) is 7.58. The molecule has 1 nitrogen and oxygen atoms in total. The zero-order valence-electron chi connectivity index (χ0n) is 9.49. The number of aryl methyl sites for hydroxylation is 2. The number of hydrogen-bond donors (Lipinski definition) is 2. The molecule has 0 spiro atoms. The molecule has 0 aliphatic carbocycles. The second kappa shape index (κ2) is 4.22. The van der Waals surface area contributed by atoms with Gasteiger partial charge in [-0.15, -0.1) is 12.6 Å². The third-order valence-electron chi connectivity index (χ3n) is 2.72. The maximum atomic E-state index is 5.86. The Hall–Kier alpha value is -1.41. The Morgan fingerprint density at radius 2 is 1.75 bits per heavy atom. The lowest BCUT2D eigenvalue weighted by Crippen LogP contribution is -1.89. The topological polar surface area (TPSA) is 26.0 Å². The summed E-state index contributed by atoms with van der Waals surface area (Å²) in [6.45, 7) is 4.22. The summed E-state index contributed by atoms with van der Waals surface area (Å²) in [6, 6.07) is 12.4. The van der Waals surface area contributed by atoms with E-state index in [2.05, 4.69) is 50.7 Å². The summed E-state index contributed by atoms with van der Waals surface area (Å²) in [5, 5.41) is 0. The van der Waals surface area contributed by atoms with Crippen LogP contribution in [0, 0.1) is 13.8 Å². The molecule has 2 aromatic carbocycles. The molecule has 0 aliphatic rings. The second-order valence-corrected chi connectivity index (χ2v) is 4.57. The summed E-state index contributed by atoms with van der Waals surface area (Å²) >= 11 is 4.27. The van der Waals surface area contributed by atoms with Crippen LogP contribution in [0.15, 0.2) is 41.3 Å². The minimum atomic E-state index is 0.723. The first kappa shape index (κ1) is 11.1. The van der Waals surface area contributed by atoms with Gasteiger partial charge in [0.25, 0.3) is 0 Å². The average Bonchev–Trinajstić information content (AvgIpc) is 2.22. The van der Waals surface area contributed by atoms with Gasteiger partial charge in [-0.05, 0) is 42.7 Å². The molecule has 0 amide bonds. The Morgan fingerprint density at radius 1 is 1.00 bits per heavy atom. The van der Waals surface area contributed by atoms with Gasteiger partial charge in [0.2, 0.25) is 0 Å². The normalized spacial score (nSPS) is 10.4. The predicted molar refractivity (Wildman–Crippen MR) is 73.0 cm³/mol. The highest BCUT2D eigenvalue weighted by Crippen LogP contribution is 2.28. The third kappa shape index (κ3) is 2.07. The number of nitrogen functional groups attached to an aromatic ring is 1. The Kier molecular flexibility index (Phi) is 2.92. The van der Waals surface area contributed by atoms with Crippen molar-refractivity contribution in [2.45, 2.75) is 18.7 Å². The van der Waals surface area contributed by atoms with E-state index in [-0.39, 0.29) is 0 Å². The summed E-state index contributed by atoms with van der Waals surface area (Å²) in [5.41, 5.74) is 11.5. The van der Waals surface area contributed by atoms with Gasteiger partial charge >= 0.3 is 0 Å². The number of anilines is 1. The van der Waals surface area contributed by atoms with Crippen LogP contribution in [-0.2, 0) is 0 Å². The Labute approximate surface area is 102 Å². The fourth-order valence-corrected chi connectivity index (χ4v) is 2.00. The van der Waals surface area contributed by atoms with Gasteiger partial charge in [-0.1, -0.05) is 29.8 Å². The lowest BCUT2D eigenvalue weighted by molar-refractivity contribution is 1.37. The molecular formula is C14H15NS. The largest absolute Gasteiger partial charge is 0.398 e. The Morgan fingerprint density at radius 3 is 2.38 bits per heavy atom.